The minimum Gasteiger partial charge on any atom is -0.390 e. The van der Waals surface area contributed by atoms with Crippen LogP contribution in [0.3, 0.4) is 0 Å². The fourth-order valence-corrected chi connectivity index (χ4v) is 5.15. The zero-order valence-electron chi connectivity index (χ0n) is 18.0. The van der Waals surface area contributed by atoms with Gasteiger partial charge in [-0.05, 0) is 37.3 Å². The van der Waals surface area contributed by atoms with Gasteiger partial charge in [0.1, 0.15) is 0 Å². The number of aliphatic hydroxyl groups excluding tert-OH is 1. The van der Waals surface area contributed by atoms with E-state index < -0.39 is 11.6 Å². The first kappa shape index (κ1) is 23.3. The van der Waals surface area contributed by atoms with Gasteiger partial charge in [0.25, 0.3) is 11.8 Å². The molecule has 2 saturated heterocycles. The van der Waals surface area contributed by atoms with Gasteiger partial charge < -0.3 is 20.6 Å². The molecule has 3 unspecified atom stereocenters. The quantitative estimate of drug-likeness (QED) is 0.691. The maximum Gasteiger partial charge on any atom is 0.253 e. The van der Waals surface area contributed by atoms with Crippen LogP contribution in [-0.2, 0) is 4.79 Å². The molecule has 1 aromatic carbocycles. The Bertz CT molecular complexity index is 952. The Morgan fingerprint density at radius 2 is 1.66 bits per heavy atom. The second kappa shape index (κ2) is 9.15. The predicted molar refractivity (Wildman–Crippen MR) is 125 cm³/mol. The molecular weight excluding hydrogens is 451 g/mol. The van der Waals surface area contributed by atoms with E-state index >= 15 is 0 Å². The van der Waals surface area contributed by atoms with Gasteiger partial charge >= 0.3 is 0 Å². The Morgan fingerprint density at radius 1 is 1.00 bits per heavy atom. The number of aliphatic hydroxyl groups is 1. The highest BCUT2D eigenvalue weighted by Gasteiger charge is 2.42. The van der Waals surface area contributed by atoms with Gasteiger partial charge in [-0.25, -0.2) is 0 Å². The molecule has 2 heterocycles. The number of nitrogens with zero attached hydrogens (tertiary/aromatic N) is 3. The molecule has 0 spiro atoms. The molecule has 0 bridgehead atoms. The number of hydrogen-bond acceptors (Lipinski definition) is 5. The summed E-state index contributed by atoms with van der Waals surface area (Å²) < 4.78 is 0. The molecule has 3 N–H and O–H groups in total. The van der Waals surface area contributed by atoms with Gasteiger partial charge in [0, 0.05) is 72.4 Å². The number of likely N-dealkylation sites (tertiary alicyclic amines) is 1. The molecule has 172 valence electrons. The second-order valence-corrected chi connectivity index (χ2v) is 9.89. The number of carbonyl (C=O) groups excluding carboxylic acids is 2. The Hall–Kier alpha value is -1.90. The monoisotopic (exact) mass is 478 g/mol. The molecule has 2 aliphatic heterocycles. The fourth-order valence-electron chi connectivity index (χ4n) is 4.68. The first-order valence-corrected chi connectivity index (χ1v) is 11.5. The summed E-state index contributed by atoms with van der Waals surface area (Å²) in [6.45, 7) is 4.89. The molecule has 0 radical (unpaired) electrons. The highest BCUT2D eigenvalue weighted by Crippen LogP contribution is 2.31. The van der Waals surface area contributed by atoms with E-state index in [0.717, 1.165) is 0 Å². The van der Waals surface area contributed by atoms with Crippen molar-refractivity contribution in [3.63, 3.8) is 0 Å². The molecule has 2 fully saturated rings. The van der Waals surface area contributed by atoms with Crippen LogP contribution >= 0.6 is 23.2 Å². The maximum atomic E-state index is 13.1. The summed E-state index contributed by atoms with van der Waals surface area (Å²) >= 11 is 12.0. The van der Waals surface area contributed by atoms with E-state index in [4.69, 9.17) is 28.9 Å². The van der Waals surface area contributed by atoms with E-state index in [-0.39, 0.29) is 24.4 Å². The fraction of sp³-hybridized carbons (Fsp3) is 0.478. The molecule has 0 saturated carbocycles. The van der Waals surface area contributed by atoms with E-state index in [2.05, 4.69) is 4.90 Å². The van der Waals surface area contributed by atoms with Crippen molar-refractivity contribution in [1.29, 1.82) is 0 Å². The van der Waals surface area contributed by atoms with Crippen molar-refractivity contribution < 1.29 is 14.7 Å². The maximum absolute atomic E-state index is 13.1. The standard InChI is InChI=1S/C23H28Cl2N4O3/c1-23(26)12-17(25)6-7-18(23)22(32)29-13-19(20(30)14-29)27-8-10-28(11-9-27)21(31)15-2-4-16(24)5-3-15/h2-7,19-20,30H,8-14,26H2,1H3. The summed E-state index contributed by atoms with van der Waals surface area (Å²) in [5, 5.41) is 11.9. The highest BCUT2D eigenvalue weighted by molar-refractivity contribution is 6.30. The third-order valence-electron chi connectivity index (χ3n) is 6.52. The number of nitrogens with two attached hydrogens (primary N) is 1. The van der Waals surface area contributed by atoms with Crippen LogP contribution in [0.4, 0.5) is 0 Å². The Balaban J connectivity index is 1.36. The lowest BCUT2D eigenvalue weighted by molar-refractivity contribution is -0.127. The van der Waals surface area contributed by atoms with Crippen LogP contribution in [0.15, 0.2) is 47.0 Å². The highest BCUT2D eigenvalue weighted by atomic mass is 35.5. The number of hydrogen-bond donors (Lipinski definition) is 2. The van der Waals surface area contributed by atoms with E-state index in [1.165, 1.54) is 0 Å². The normalized spacial score (nSPS) is 29.0. The largest absolute Gasteiger partial charge is 0.390 e. The number of piperazine rings is 1. The third kappa shape index (κ3) is 4.72. The minimum atomic E-state index is -0.834. The number of amides is 2. The number of β-amino-alcohol motifs (C(OH)–C–C–N with tert-alkyl or cyclic N) is 1. The van der Waals surface area contributed by atoms with Gasteiger partial charge in [-0.2, -0.15) is 0 Å². The lowest BCUT2D eigenvalue weighted by Gasteiger charge is -2.39. The third-order valence-corrected chi connectivity index (χ3v) is 7.03. The Labute approximate surface area is 198 Å². The summed E-state index contributed by atoms with van der Waals surface area (Å²) in [6, 6.07) is 6.72. The van der Waals surface area contributed by atoms with Crippen LogP contribution in [0.5, 0.6) is 0 Å². The molecule has 2 amide bonds. The van der Waals surface area contributed by atoms with E-state index in [9.17, 15) is 14.7 Å². The topological polar surface area (TPSA) is 90.1 Å². The van der Waals surface area contributed by atoms with Crippen LogP contribution < -0.4 is 5.73 Å². The van der Waals surface area contributed by atoms with Crippen molar-refractivity contribution in [2.75, 3.05) is 39.3 Å². The average Bonchev–Trinajstić information content (AvgIpc) is 3.14. The zero-order chi connectivity index (χ0) is 23.0. The number of rotatable bonds is 3. The molecule has 4 rings (SSSR count). The number of allylic oxidation sites excluding steroid dienone is 2. The van der Waals surface area contributed by atoms with Crippen molar-refractivity contribution in [3.8, 4) is 0 Å². The molecular formula is C23H28Cl2N4O3. The van der Waals surface area contributed by atoms with Crippen molar-refractivity contribution in [1.82, 2.24) is 14.7 Å². The molecule has 32 heavy (non-hydrogen) atoms. The van der Waals surface area contributed by atoms with Crippen molar-refractivity contribution >= 4 is 35.0 Å². The van der Waals surface area contributed by atoms with E-state index in [1.54, 1.807) is 48.2 Å². The van der Waals surface area contributed by atoms with Crippen LogP contribution in [-0.4, -0.2) is 88.6 Å². The first-order chi connectivity index (χ1) is 15.2. The van der Waals surface area contributed by atoms with Gasteiger partial charge in [0.05, 0.1) is 12.1 Å². The minimum absolute atomic E-state index is 0.0247. The Morgan fingerprint density at radius 3 is 2.28 bits per heavy atom. The van der Waals surface area contributed by atoms with Crippen LogP contribution in [0.1, 0.15) is 23.7 Å². The second-order valence-electron chi connectivity index (χ2n) is 8.97. The SMILES string of the molecule is CC1(N)CC(Cl)=CC=C1C(=O)N1CC(O)C(N2CCN(C(=O)c3ccc(Cl)cc3)CC2)C1. The molecule has 3 atom stereocenters. The lowest BCUT2D eigenvalue weighted by Crippen LogP contribution is -2.55. The lowest BCUT2D eigenvalue weighted by atomic mass is 9.85. The summed E-state index contributed by atoms with van der Waals surface area (Å²) in [5.74, 6) is -0.184. The van der Waals surface area contributed by atoms with Gasteiger partial charge in [0.2, 0.25) is 0 Å². The molecule has 1 aliphatic carbocycles. The molecule has 3 aliphatic rings. The number of carbonyl (C=O) groups is 2. The van der Waals surface area contributed by atoms with E-state index in [1.807, 2.05) is 4.90 Å². The van der Waals surface area contributed by atoms with Crippen LogP contribution in [0, 0.1) is 0 Å². The van der Waals surface area contributed by atoms with Crippen molar-refractivity contribution in [2.45, 2.75) is 31.0 Å². The van der Waals surface area contributed by atoms with Crippen LogP contribution in [0.25, 0.3) is 0 Å². The number of benzene rings is 1. The number of halogens is 2. The van der Waals surface area contributed by atoms with Gasteiger partial charge in [-0.1, -0.05) is 29.3 Å². The predicted octanol–water partition coefficient (Wildman–Crippen LogP) is 1.84. The molecule has 7 nitrogen and oxygen atoms in total. The van der Waals surface area contributed by atoms with E-state index in [0.29, 0.717) is 60.3 Å². The summed E-state index contributed by atoms with van der Waals surface area (Å²) in [4.78, 5) is 31.5. The summed E-state index contributed by atoms with van der Waals surface area (Å²) in [6.07, 6.45) is 3.17. The van der Waals surface area contributed by atoms with Gasteiger partial charge in [0.15, 0.2) is 0 Å². The van der Waals surface area contributed by atoms with Crippen LogP contribution in [0.2, 0.25) is 5.02 Å². The van der Waals surface area contributed by atoms with Gasteiger partial charge in [-0.15, -0.1) is 0 Å². The average molecular weight is 479 g/mol. The van der Waals surface area contributed by atoms with Crippen molar-refractivity contribution in [2.24, 2.45) is 5.73 Å². The van der Waals surface area contributed by atoms with Gasteiger partial charge in [-0.3, -0.25) is 14.5 Å². The Kier molecular flexibility index (Phi) is 6.66. The zero-order valence-corrected chi connectivity index (χ0v) is 19.5. The molecule has 0 aromatic heterocycles. The first-order valence-electron chi connectivity index (χ1n) is 10.8. The smallest absolute Gasteiger partial charge is 0.253 e. The molecule has 1 aromatic rings. The molecule has 9 heteroatoms. The summed E-state index contributed by atoms with van der Waals surface area (Å²) in [5.41, 5.74) is 6.62. The summed E-state index contributed by atoms with van der Waals surface area (Å²) in [7, 11) is 0. The van der Waals surface area contributed by atoms with Crippen molar-refractivity contribution in [3.05, 3.63) is 57.6 Å².